The standard InChI is InChI=1S/C24H33N5O3/c1-15(13-28(6)26-5)20-12-19-17(9-10-18(22(25)30)21(19)27-20)16-8-7-11-29(14-16)23(31)32-24(2,3)4/h9-10,12-13,16,27H,5,7-8,11,14H2,1-4,6H3,(H2,25,30)/b15-13+. The molecule has 2 amide bonds. The van der Waals surface area contributed by atoms with E-state index in [-0.39, 0.29) is 12.0 Å². The molecular weight excluding hydrogens is 406 g/mol. The van der Waals surface area contributed by atoms with Crippen molar-refractivity contribution >= 4 is 35.2 Å². The average molecular weight is 440 g/mol. The minimum Gasteiger partial charge on any atom is -0.444 e. The van der Waals surface area contributed by atoms with Crippen molar-refractivity contribution in [3.05, 3.63) is 41.2 Å². The van der Waals surface area contributed by atoms with Crippen LogP contribution in [0.2, 0.25) is 0 Å². The third kappa shape index (κ3) is 5.12. The van der Waals surface area contributed by atoms with Gasteiger partial charge in [-0.05, 0) is 63.8 Å². The molecular formula is C24H33N5O3. The number of benzene rings is 1. The second kappa shape index (κ2) is 9.06. The summed E-state index contributed by atoms with van der Waals surface area (Å²) in [7, 11) is 1.80. The van der Waals surface area contributed by atoms with E-state index < -0.39 is 11.5 Å². The SMILES string of the molecule is C=NN(C)/C=C(\C)c1cc2c(C3CCCN(C(=O)OC(C)(C)C)C3)ccc(C(N)=O)c2[nH]1. The zero-order valence-corrected chi connectivity index (χ0v) is 19.6. The third-order valence-electron chi connectivity index (χ3n) is 5.63. The number of fused-ring (bicyclic) bond motifs is 1. The fourth-order valence-corrected chi connectivity index (χ4v) is 4.13. The molecule has 0 bridgehead atoms. The maximum absolute atomic E-state index is 12.6. The molecule has 0 spiro atoms. The Morgan fingerprint density at radius 3 is 2.72 bits per heavy atom. The summed E-state index contributed by atoms with van der Waals surface area (Å²) in [6.07, 6.45) is 3.39. The molecule has 1 fully saturated rings. The smallest absolute Gasteiger partial charge is 0.410 e. The highest BCUT2D eigenvalue weighted by Gasteiger charge is 2.30. The van der Waals surface area contributed by atoms with E-state index in [4.69, 9.17) is 10.5 Å². The van der Waals surface area contributed by atoms with Gasteiger partial charge in [-0.3, -0.25) is 9.80 Å². The number of piperidine rings is 1. The van der Waals surface area contributed by atoms with Crippen molar-refractivity contribution in [2.24, 2.45) is 10.8 Å². The number of aromatic amines is 1. The Labute approximate surface area is 189 Å². The molecule has 1 aliphatic rings. The maximum Gasteiger partial charge on any atom is 0.410 e. The van der Waals surface area contributed by atoms with Crippen LogP contribution in [0.1, 0.15) is 68.1 Å². The molecule has 1 aliphatic heterocycles. The Morgan fingerprint density at radius 2 is 2.09 bits per heavy atom. The molecule has 1 saturated heterocycles. The predicted molar refractivity (Wildman–Crippen MR) is 128 cm³/mol. The van der Waals surface area contributed by atoms with Gasteiger partial charge in [0.2, 0.25) is 0 Å². The molecule has 1 unspecified atom stereocenters. The lowest BCUT2D eigenvalue weighted by atomic mass is 9.87. The van der Waals surface area contributed by atoms with E-state index in [1.165, 1.54) is 0 Å². The number of aromatic nitrogens is 1. The van der Waals surface area contributed by atoms with Crippen molar-refractivity contribution in [2.75, 3.05) is 20.1 Å². The van der Waals surface area contributed by atoms with E-state index in [1.54, 1.807) is 23.0 Å². The summed E-state index contributed by atoms with van der Waals surface area (Å²) in [5.41, 5.74) is 9.15. The molecule has 32 heavy (non-hydrogen) atoms. The Hall–Kier alpha value is -3.29. The Balaban J connectivity index is 2.00. The second-order valence-corrected chi connectivity index (χ2v) is 9.33. The summed E-state index contributed by atoms with van der Waals surface area (Å²) in [6, 6.07) is 5.76. The Bertz CT molecular complexity index is 1060. The summed E-state index contributed by atoms with van der Waals surface area (Å²) in [5, 5.41) is 6.43. The molecule has 0 aliphatic carbocycles. The van der Waals surface area contributed by atoms with Crippen LogP contribution >= 0.6 is 0 Å². The van der Waals surface area contributed by atoms with Crippen LogP contribution in [0.4, 0.5) is 4.79 Å². The number of ether oxygens (including phenoxy) is 1. The van der Waals surface area contributed by atoms with Gasteiger partial charge in [-0.2, -0.15) is 5.10 Å². The van der Waals surface area contributed by atoms with Crippen LogP contribution in [0.5, 0.6) is 0 Å². The first kappa shape index (κ1) is 23.4. The van der Waals surface area contributed by atoms with Gasteiger partial charge in [-0.15, -0.1) is 0 Å². The van der Waals surface area contributed by atoms with Gasteiger partial charge in [0.05, 0.1) is 11.1 Å². The van der Waals surface area contributed by atoms with E-state index in [0.717, 1.165) is 35.1 Å². The number of hydrogen-bond donors (Lipinski definition) is 2. The number of nitrogens with one attached hydrogen (secondary N) is 1. The highest BCUT2D eigenvalue weighted by Crippen LogP contribution is 2.35. The number of amides is 2. The van der Waals surface area contributed by atoms with Crippen LogP contribution in [0.25, 0.3) is 16.5 Å². The number of allylic oxidation sites excluding steroid dienone is 1. The fourth-order valence-electron chi connectivity index (χ4n) is 4.13. The topological polar surface area (TPSA) is 104 Å². The first-order valence-electron chi connectivity index (χ1n) is 10.8. The Kier molecular flexibility index (Phi) is 6.62. The van der Waals surface area contributed by atoms with Crippen molar-refractivity contribution in [1.82, 2.24) is 14.9 Å². The zero-order valence-electron chi connectivity index (χ0n) is 19.6. The van der Waals surface area contributed by atoms with Gasteiger partial charge < -0.3 is 20.4 Å². The lowest BCUT2D eigenvalue weighted by molar-refractivity contribution is 0.0198. The van der Waals surface area contributed by atoms with Crippen LogP contribution in [0.15, 0.2) is 29.5 Å². The third-order valence-corrected chi connectivity index (χ3v) is 5.63. The first-order valence-corrected chi connectivity index (χ1v) is 10.8. The van der Waals surface area contributed by atoms with Crippen molar-refractivity contribution in [1.29, 1.82) is 0 Å². The molecule has 1 aromatic carbocycles. The molecule has 2 aromatic rings. The number of nitrogens with zero attached hydrogens (tertiary/aromatic N) is 3. The highest BCUT2D eigenvalue weighted by atomic mass is 16.6. The quantitative estimate of drug-likeness (QED) is 0.536. The molecule has 0 saturated carbocycles. The van der Waals surface area contributed by atoms with E-state index in [0.29, 0.717) is 24.2 Å². The Morgan fingerprint density at radius 1 is 1.38 bits per heavy atom. The van der Waals surface area contributed by atoms with Crippen molar-refractivity contribution < 1.29 is 14.3 Å². The maximum atomic E-state index is 12.6. The van der Waals surface area contributed by atoms with Gasteiger partial charge in [0, 0.05) is 50.1 Å². The summed E-state index contributed by atoms with van der Waals surface area (Å²) >= 11 is 0. The van der Waals surface area contributed by atoms with Crippen LogP contribution in [-0.4, -0.2) is 59.3 Å². The van der Waals surface area contributed by atoms with Crippen LogP contribution in [-0.2, 0) is 4.74 Å². The van der Waals surface area contributed by atoms with E-state index in [2.05, 4.69) is 16.8 Å². The van der Waals surface area contributed by atoms with Gasteiger partial charge in [-0.25, -0.2) is 4.79 Å². The normalized spacial score (nSPS) is 17.3. The molecule has 0 radical (unpaired) electrons. The van der Waals surface area contributed by atoms with Gasteiger partial charge in [-0.1, -0.05) is 6.07 Å². The zero-order chi connectivity index (χ0) is 23.6. The van der Waals surface area contributed by atoms with Gasteiger partial charge in [0.1, 0.15) is 5.60 Å². The monoisotopic (exact) mass is 439 g/mol. The number of likely N-dealkylation sites (tertiary alicyclic amines) is 1. The van der Waals surface area contributed by atoms with Crippen LogP contribution in [0.3, 0.4) is 0 Å². The van der Waals surface area contributed by atoms with E-state index in [9.17, 15) is 9.59 Å². The number of hydrazone groups is 1. The van der Waals surface area contributed by atoms with E-state index >= 15 is 0 Å². The number of carbonyl (C=O) groups is 2. The number of nitrogens with two attached hydrogens (primary N) is 1. The van der Waals surface area contributed by atoms with Crippen molar-refractivity contribution in [3.63, 3.8) is 0 Å². The minimum atomic E-state index is -0.534. The second-order valence-electron chi connectivity index (χ2n) is 9.33. The molecule has 1 aromatic heterocycles. The average Bonchev–Trinajstić information content (AvgIpc) is 3.17. The van der Waals surface area contributed by atoms with Crippen molar-refractivity contribution in [2.45, 2.75) is 52.1 Å². The molecule has 3 N–H and O–H groups in total. The largest absolute Gasteiger partial charge is 0.444 e. The molecule has 2 heterocycles. The summed E-state index contributed by atoms with van der Waals surface area (Å²) in [6.45, 7) is 12.3. The number of H-pyrrole nitrogens is 1. The van der Waals surface area contributed by atoms with Crippen LogP contribution < -0.4 is 5.73 Å². The summed E-state index contributed by atoms with van der Waals surface area (Å²) in [5.74, 6) is -0.355. The fraction of sp³-hybridized carbons (Fsp3) is 0.458. The first-order chi connectivity index (χ1) is 15.0. The number of primary amides is 1. The molecule has 8 nitrogen and oxygen atoms in total. The van der Waals surface area contributed by atoms with Crippen LogP contribution in [0, 0.1) is 0 Å². The van der Waals surface area contributed by atoms with Crippen molar-refractivity contribution in [3.8, 4) is 0 Å². The number of rotatable bonds is 5. The van der Waals surface area contributed by atoms with Gasteiger partial charge in [0.15, 0.2) is 0 Å². The van der Waals surface area contributed by atoms with Gasteiger partial charge >= 0.3 is 6.09 Å². The molecule has 1 atom stereocenters. The molecule has 172 valence electrons. The highest BCUT2D eigenvalue weighted by molar-refractivity contribution is 6.06. The summed E-state index contributed by atoms with van der Waals surface area (Å²) in [4.78, 5) is 29.8. The number of carbonyl (C=O) groups excluding carboxylic acids is 2. The van der Waals surface area contributed by atoms with E-state index in [1.807, 2.05) is 46.0 Å². The minimum absolute atomic E-state index is 0.131. The summed E-state index contributed by atoms with van der Waals surface area (Å²) < 4.78 is 5.58. The lowest BCUT2D eigenvalue weighted by Gasteiger charge is -2.34. The number of hydrogen-bond acceptors (Lipinski definition) is 5. The molecule has 3 rings (SSSR count). The molecule has 8 heteroatoms. The predicted octanol–water partition coefficient (Wildman–Crippen LogP) is 4.29. The van der Waals surface area contributed by atoms with Gasteiger partial charge in [0.25, 0.3) is 5.91 Å². The lowest BCUT2D eigenvalue weighted by Crippen LogP contribution is -2.42.